The van der Waals surface area contributed by atoms with Gasteiger partial charge in [0.1, 0.15) is 0 Å². The highest BCUT2D eigenvalue weighted by molar-refractivity contribution is 6.04. The number of carbonyl (C=O) groups excluding carboxylic acids is 3. The van der Waals surface area contributed by atoms with Crippen LogP contribution < -0.4 is 10.6 Å². The number of rotatable bonds is 5. The van der Waals surface area contributed by atoms with Crippen LogP contribution in [0.1, 0.15) is 57.3 Å². The van der Waals surface area contributed by atoms with E-state index in [1.165, 1.54) is 0 Å². The number of nitrogens with one attached hydrogen (secondary N) is 2. The Balaban J connectivity index is 2.07. The third-order valence-electron chi connectivity index (χ3n) is 4.69. The summed E-state index contributed by atoms with van der Waals surface area (Å²) in [6.45, 7) is 9.37. The van der Waals surface area contributed by atoms with Crippen LogP contribution in [-0.2, 0) is 9.59 Å². The molecule has 0 spiro atoms. The van der Waals surface area contributed by atoms with Crippen molar-refractivity contribution in [2.24, 2.45) is 11.3 Å². The predicted octanol–water partition coefficient (Wildman–Crippen LogP) is 3.05. The number of nitrogens with zero attached hydrogens (tertiary/aromatic N) is 1. The molecule has 1 aromatic carbocycles. The van der Waals surface area contributed by atoms with Crippen LogP contribution in [0.2, 0.25) is 0 Å². The number of benzene rings is 1. The number of amides is 3. The van der Waals surface area contributed by atoms with Gasteiger partial charge in [0.25, 0.3) is 5.91 Å². The van der Waals surface area contributed by atoms with Crippen molar-refractivity contribution >= 4 is 23.4 Å². The van der Waals surface area contributed by atoms with Crippen molar-refractivity contribution < 1.29 is 14.4 Å². The number of carbonyl (C=O) groups is 3. The second-order valence-corrected chi connectivity index (χ2v) is 8.13. The van der Waals surface area contributed by atoms with Crippen molar-refractivity contribution in [3.05, 3.63) is 29.8 Å². The van der Waals surface area contributed by atoms with E-state index in [1.807, 2.05) is 27.7 Å². The number of piperidine rings is 1. The number of likely N-dealkylation sites (tertiary alicyclic amines) is 1. The normalized spacial score (nSPS) is 17.3. The van der Waals surface area contributed by atoms with Gasteiger partial charge in [-0.15, -0.1) is 0 Å². The molecule has 0 bridgehead atoms. The number of anilines is 1. The van der Waals surface area contributed by atoms with E-state index in [2.05, 4.69) is 10.6 Å². The summed E-state index contributed by atoms with van der Waals surface area (Å²) in [5.41, 5.74) is 0.510. The van der Waals surface area contributed by atoms with Crippen LogP contribution in [0, 0.1) is 11.3 Å². The molecular weight excluding hydrogens is 342 g/mol. The summed E-state index contributed by atoms with van der Waals surface area (Å²) in [6.07, 6.45) is 2.39. The maximum absolute atomic E-state index is 12.8. The molecule has 1 heterocycles. The maximum Gasteiger partial charge on any atom is 0.253 e. The van der Waals surface area contributed by atoms with Gasteiger partial charge in [-0.25, -0.2) is 0 Å². The fraction of sp³-hybridized carbons (Fsp3) is 0.571. The molecule has 1 aromatic rings. The Bertz CT molecular complexity index is 694. The molecule has 0 aliphatic carbocycles. The third-order valence-corrected chi connectivity index (χ3v) is 4.69. The topological polar surface area (TPSA) is 78.5 Å². The quantitative estimate of drug-likeness (QED) is 0.833. The van der Waals surface area contributed by atoms with E-state index in [0.717, 1.165) is 19.3 Å². The number of para-hydroxylation sites is 1. The van der Waals surface area contributed by atoms with Crippen LogP contribution in [-0.4, -0.2) is 42.3 Å². The molecule has 27 heavy (non-hydrogen) atoms. The fourth-order valence-corrected chi connectivity index (χ4v) is 3.21. The molecule has 1 fully saturated rings. The highest BCUT2D eigenvalue weighted by Gasteiger charge is 2.33. The molecule has 1 unspecified atom stereocenters. The molecular formula is C21H31N3O3. The maximum atomic E-state index is 12.8. The molecule has 2 N–H and O–H groups in total. The number of hydrogen-bond acceptors (Lipinski definition) is 3. The Hall–Kier alpha value is -2.37. The minimum absolute atomic E-state index is 0.0688. The fourth-order valence-electron chi connectivity index (χ4n) is 3.21. The van der Waals surface area contributed by atoms with Crippen molar-refractivity contribution in [3.8, 4) is 0 Å². The standard InChI is InChI=1S/C21H31N3O3/c1-5-12-22-19(26)16-10-6-7-11-17(16)23-18(25)15-9-8-13-24(14-15)20(27)21(2,3)4/h6-7,10-11,15H,5,8-9,12-14H2,1-4H3,(H,22,26)(H,23,25). The van der Waals surface area contributed by atoms with E-state index in [1.54, 1.807) is 29.2 Å². The second-order valence-electron chi connectivity index (χ2n) is 8.13. The zero-order chi connectivity index (χ0) is 20.0. The first-order chi connectivity index (χ1) is 12.7. The van der Waals surface area contributed by atoms with Crippen LogP contribution in [0.25, 0.3) is 0 Å². The van der Waals surface area contributed by atoms with E-state index in [9.17, 15) is 14.4 Å². The largest absolute Gasteiger partial charge is 0.352 e. The van der Waals surface area contributed by atoms with E-state index >= 15 is 0 Å². The summed E-state index contributed by atoms with van der Waals surface area (Å²) in [6, 6.07) is 7.01. The molecule has 6 nitrogen and oxygen atoms in total. The highest BCUT2D eigenvalue weighted by atomic mass is 16.2. The summed E-state index contributed by atoms with van der Waals surface area (Å²) in [5.74, 6) is -0.533. The van der Waals surface area contributed by atoms with Crippen LogP contribution in [0.15, 0.2) is 24.3 Å². The number of hydrogen-bond donors (Lipinski definition) is 2. The molecule has 6 heteroatoms. The van der Waals surface area contributed by atoms with Gasteiger partial charge in [-0.05, 0) is 31.4 Å². The van der Waals surface area contributed by atoms with Crippen molar-refractivity contribution in [3.63, 3.8) is 0 Å². The summed E-state index contributed by atoms with van der Waals surface area (Å²) >= 11 is 0. The molecule has 1 aliphatic heterocycles. The van der Waals surface area contributed by atoms with Crippen molar-refractivity contribution in [1.82, 2.24) is 10.2 Å². The van der Waals surface area contributed by atoms with Crippen molar-refractivity contribution in [2.45, 2.75) is 47.0 Å². The lowest BCUT2D eigenvalue weighted by molar-refractivity contribution is -0.142. The van der Waals surface area contributed by atoms with Gasteiger partial charge in [0.05, 0.1) is 17.2 Å². The highest BCUT2D eigenvalue weighted by Crippen LogP contribution is 2.25. The zero-order valence-electron chi connectivity index (χ0n) is 16.8. The average molecular weight is 373 g/mol. The second kappa shape index (κ2) is 9.02. The van der Waals surface area contributed by atoms with Gasteiger partial charge in [-0.3, -0.25) is 14.4 Å². The van der Waals surface area contributed by atoms with Gasteiger partial charge in [0.2, 0.25) is 11.8 Å². The van der Waals surface area contributed by atoms with E-state index in [0.29, 0.717) is 30.9 Å². The molecule has 0 radical (unpaired) electrons. The molecule has 0 saturated carbocycles. The Kier molecular flexibility index (Phi) is 6.99. The van der Waals surface area contributed by atoms with Crippen LogP contribution >= 0.6 is 0 Å². The Morgan fingerprint density at radius 3 is 2.56 bits per heavy atom. The molecule has 2 rings (SSSR count). The first-order valence-electron chi connectivity index (χ1n) is 9.71. The van der Waals surface area contributed by atoms with Crippen molar-refractivity contribution in [1.29, 1.82) is 0 Å². The summed E-state index contributed by atoms with van der Waals surface area (Å²) in [5, 5.41) is 5.74. The molecule has 0 aromatic heterocycles. The van der Waals surface area contributed by atoms with Gasteiger partial charge in [-0.1, -0.05) is 39.8 Å². The molecule has 1 aliphatic rings. The van der Waals surface area contributed by atoms with E-state index in [-0.39, 0.29) is 23.6 Å². The average Bonchev–Trinajstić information content (AvgIpc) is 2.65. The Labute approximate surface area is 161 Å². The van der Waals surface area contributed by atoms with Crippen LogP contribution in [0.3, 0.4) is 0 Å². The molecule has 148 valence electrons. The predicted molar refractivity (Wildman–Crippen MR) is 106 cm³/mol. The van der Waals surface area contributed by atoms with Gasteiger partial charge in [0, 0.05) is 25.0 Å². The zero-order valence-corrected chi connectivity index (χ0v) is 16.8. The SMILES string of the molecule is CCCNC(=O)c1ccccc1NC(=O)C1CCCN(C(=O)C(C)(C)C)C1. The first kappa shape index (κ1) is 20.9. The minimum atomic E-state index is -0.456. The Morgan fingerprint density at radius 2 is 1.89 bits per heavy atom. The van der Waals surface area contributed by atoms with E-state index < -0.39 is 5.41 Å². The Morgan fingerprint density at radius 1 is 1.19 bits per heavy atom. The van der Waals surface area contributed by atoms with Gasteiger partial charge in [0.15, 0.2) is 0 Å². The smallest absolute Gasteiger partial charge is 0.253 e. The van der Waals surface area contributed by atoms with Crippen molar-refractivity contribution in [2.75, 3.05) is 25.0 Å². The summed E-state index contributed by atoms with van der Waals surface area (Å²) < 4.78 is 0. The van der Waals surface area contributed by atoms with Crippen LogP contribution in [0.5, 0.6) is 0 Å². The van der Waals surface area contributed by atoms with Crippen LogP contribution in [0.4, 0.5) is 5.69 Å². The first-order valence-corrected chi connectivity index (χ1v) is 9.71. The molecule has 1 atom stereocenters. The monoisotopic (exact) mass is 373 g/mol. The molecule has 1 saturated heterocycles. The van der Waals surface area contributed by atoms with Gasteiger partial charge < -0.3 is 15.5 Å². The van der Waals surface area contributed by atoms with Gasteiger partial charge >= 0.3 is 0 Å². The summed E-state index contributed by atoms with van der Waals surface area (Å²) in [4.78, 5) is 39.4. The minimum Gasteiger partial charge on any atom is -0.352 e. The summed E-state index contributed by atoms with van der Waals surface area (Å²) in [7, 11) is 0. The third kappa shape index (κ3) is 5.55. The lowest BCUT2D eigenvalue weighted by Gasteiger charge is -2.36. The lowest BCUT2D eigenvalue weighted by Crippen LogP contribution is -2.47. The molecule has 3 amide bonds. The van der Waals surface area contributed by atoms with E-state index in [4.69, 9.17) is 0 Å². The lowest BCUT2D eigenvalue weighted by atomic mass is 9.91. The van der Waals surface area contributed by atoms with Gasteiger partial charge in [-0.2, -0.15) is 0 Å².